The maximum Gasteiger partial charge on any atom is 0.280 e. The molecule has 0 atom stereocenters. The monoisotopic (exact) mass is 667 g/mol. The van der Waals surface area contributed by atoms with Crippen LogP contribution in [0.1, 0.15) is 44.0 Å². The van der Waals surface area contributed by atoms with E-state index >= 15 is 0 Å². The molecule has 0 aliphatic carbocycles. The third-order valence-corrected chi connectivity index (χ3v) is 7.93. The SMILES string of the molecule is COCCCN(C)C(=O)c1ccc(Nc2ncc3cc(C#CCNC(=O)c4c(C)n(C)n(Cc5ccc(F)c(F)c5)c4=O)ccc3n2)cc1. The molecule has 13 heteroatoms. The summed E-state index contributed by atoms with van der Waals surface area (Å²) in [5.74, 6) is 3.63. The van der Waals surface area contributed by atoms with Crippen LogP contribution in [0.25, 0.3) is 10.9 Å². The zero-order valence-corrected chi connectivity index (χ0v) is 27.5. The minimum atomic E-state index is -1.01. The highest BCUT2D eigenvalue weighted by atomic mass is 19.2. The largest absolute Gasteiger partial charge is 0.385 e. The maximum absolute atomic E-state index is 13.7. The number of hydrogen-bond acceptors (Lipinski definition) is 7. The Kier molecular flexibility index (Phi) is 10.8. The van der Waals surface area contributed by atoms with E-state index in [4.69, 9.17) is 4.74 Å². The van der Waals surface area contributed by atoms with Crippen LogP contribution in [0.4, 0.5) is 20.4 Å². The van der Waals surface area contributed by atoms with E-state index in [2.05, 4.69) is 32.4 Å². The maximum atomic E-state index is 13.7. The number of anilines is 2. The Balaban J connectivity index is 1.18. The van der Waals surface area contributed by atoms with Gasteiger partial charge in [-0.3, -0.25) is 19.1 Å². The van der Waals surface area contributed by atoms with Crippen LogP contribution in [0, 0.1) is 30.4 Å². The predicted molar refractivity (Wildman–Crippen MR) is 182 cm³/mol. The average molecular weight is 668 g/mol. The van der Waals surface area contributed by atoms with E-state index in [0.717, 1.165) is 29.6 Å². The first-order chi connectivity index (χ1) is 23.5. The number of carbonyl (C=O) groups excluding carboxylic acids is 2. The van der Waals surface area contributed by atoms with Crippen molar-refractivity contribution in [2.75, 3.05) is 39.2 Å². The van der Waals surface area contributed by atoms with Crippen molar-refractivity contribution in [3.8, 4) is 11.8 Å². The summed E-state index contributed by atoms with van der Waals surface area (Å²) in [6.45, 7) is 2.78. The van der Waals surface area contributed by atoms with Gasteiger partial charge in [0.25, 0.3) is 17.4 Å². The Bertz CT molecular complexity index is 2130. The Labute approximate surface area is 281 Å². The highest BCUT2D eigenvalue weighted by Gasteiger charge is 2.21. The molecule has 5 rings (SSSR count). The second kappa shape index (κ2) is 15.4. The van der Waals surface area contributed by atoms with Gasteiger partial charge in [0.15, 0.2) is 11.6 Å². The Morgan fingerprint density at radius 2 is 1.82 bits per heavy atom. The van der Waals surface area contributed by atoms with Crippen LogP contribution >= 0.6 is 0 Å². The lowest BCUT2D eigenvalue weighted by molar-refractivity contribution is 0.0779. The minimum absolute atomic E-state index is 0.0122. The molecule has 49 heavy (non-hydrogen) atoms. The number of fused-ring (bicyclic) bond motifs is 1. The standard InChI is InChI=1S/C36H35F2N7O4/c1-23-32(35(48)45(44(23)3)22-25-8-14-29(37)30(38)20-25)33(46)39-16-5-7-24-9-15-31-27(19-24)21-40-36(42-31)41-28-12-10-26(11-13-28)34(47)43(2)17-6-18-49-4/h8-15,19-21H,6,16-18,22H2,1-4H3,(H,39,46)(H,40,41,42). The van der Waals surface area contributed by atoms with Crippen molar-refractivity contribution in [2.45, 2.75) is 19.9 Å². The van der Waals surface area contributed by atoms with Crippen LogP contribution in [-0.4, -0.2) is 69.9 Å². The number of nitrogens with zero attached hydrogens (tertiary/aromatic N) is 5. The number of amides is 2. The molecule has 2 heterocycles. The summed E-state index contributed by atoms with van der Waals surface area (Å²) < 4.78 is 34.8. The first-order valence-corrected chi connectivity index (χ1v) is 15.4. The Morgan fingerprint density at radius 1 is 1.04 bits per heavy atom. The normalized spacial score (nSPS) is 10.8. The third kappa shape index (κ3) is 8.17. The van der Waals surface area contributed by atoms with E-state index in [-0.39, 0.29) is 24.6 Å². The summed E-state index contributed by atoms with van der Waals surface area (Å²) in [5, 5.41) is 6.58. The third-order valence-electron chi connectivity index (χ3n) is 7.93. The fraction of sp³-hybridized carbons (Fsp3) is 0.250. The van der Waals surface area contributed by atoms with Crippen molar-refractivity contribution >= 4 is 34.4 Å². The molecule has 0 spiro atoms. The number of aromatic nitrogens is 4. The summed E-state index contributed by atoms with van der Waals surface area (Å²) in [4.78, 5) is 49.2. The molecule has 0 radical (unpaired) electrons. The summed E-state index contributed by atoms with van der Waals surface area (Å²) in [6.07, 6.45) is 2.44. The lowest BCUT2D eigenvalue weighted by Crippen LogP contribution is -2.31. The smallest absolute Gasteiger partial charge is 0.280 e. The molecule has 0 saturated heterocycles. The van der Waals surface area contributed by atoms with Gasteiger partial charge in [0.2, 0.25) is 5.95 Å². The van der Waals surface area contributed by atoms with Crippen LogP contribution in [0.3, 0.4) is 0 Å². The van der Waals surface area contributed by atoms with Crippen molar-refractivity contribution < 1.29 is 23.1 Å². The molecule has 3 aromatic carbocycles. The summed E-state index contributed by atoms with van der Waals surface area (Å²) in [7, 11) is 5.01. The van der Waals surface area contributed by atoms with E-state index in [1.165, 1.54) is 15.4 Å². The highest BCUT2D eigenvalue weighted by Crippen LogP contribution is 2.19. The molecular weight excluding hydrogens is 632 g/mol. The van der Waals surface area contributed by atoms with Gasteiger partial charge in [-0.25, -0.2) is 23.4 Å². The molecule has 0 saturated carbocycles. The number of nitrogens with one attached hydrogen (secondary N) is 2. The molecule has 2 amide bonds. The lowest BCUT2D eigenvalue weighted by atomic mass is 10.1. The van der Waals surface area contributed by atoms with Crippen LogP contribution in [0.15, 0.2) is 71.7 Å². The van der Waals surface area contributed by atoms with E-state index in [1.807, 2.05) is 12.1 Å². The van der Waals surface area contributed by atoms with Gasteiger partial charge >= 0.3 is 0 Å². The number of halogens is 2. The first kappa shape index (κ1) is 34.5. The van der Waals surface area contributed by atoms with Crippen molar-refractivity contribution in [2.24, 2.45) is 7.05 Å². The second-order valence-corrected chi connectivity index (χ2v) is 11.3. The van der Waals surface area contributed by atoms with Gasteiger partial charge in [-0.15, -0.1) is 0 Å². The molecule has 0 bridgehead atoms. The molecule has 2 aromatic heterocycles. The summed E-state index contributed by atoms with van der Waals surface area (Å²) in [6, 6.07) is 15.9. The average Bonchev–Trinajstić information content (AvgIpc) is 3.30. The van der Waals surface area contributed by atoms with E-state index in [1.54, 1.807) is 69.6 Å². The fourth-order valence-corrected chi connectivity index (χ4v) is 5.14. The number of benzene rings is 3. The molecule has 11 nitrogen and oxygen atoms in total. The van der Waals surface area contributed by atoms with Crippen molar-refractivity contribution in [1.29, 1.82) is 0 Å². The zero-order valence-electron chi connectivity index (χ0n) is 27.5. The molecule has 2 N–H and O–H groups in total. The lowest BCUT2D eigenvalue weighted by Gasteiger charge is -2.17. The zero-order chi connectivity index (χ0) is 35.1. The van der Waals surface area contributed by atoms with Gasteiger partial charge in [0, 0.05) is 68.4 Å². The van der Waals surface area contributed by atoms with E-state index in [9.17, 15) is 23.2 Å². The topological polar surface area (TPSA) is 123 Å². The number of ether oxygens (including phenoxy) is 1. The number of hydrogen-bond donors (Lipinski definition) is 2. The van der Waals surface area contributed by atoms with Crippen LogP contribution in [-0.2, 0) is 18.3 Å². The van der Waals surface area contributed by atoms with Crippen molar-refractivity contribution in [1.82, 2.24) is 29.5 Å². The first-order valence-electron chi connectivity index (χ1n) is 15.4. The van der Waals surface area contributed by atoms with E-state index in [0.29, 0.717) is 47.0 Å². The fourth-order valence-electron chi connectivity index (χ4n) is 5.14. The molecular formula is C36H35F2N7O4. The number of rotatable bonds is 11. The molecule has 0 aliphatic heterocycles. The molecule has 0 fully saturated rings. The van der Waals surface area contributed by atoms with Gasteiger partial charge in [-0.1, -0.05) is 17.9 Å². The van der Waals surface area contributed by atoms with Crippen LogP contribution in [0.2, 0.25) is 0 Å². The summed E-state index contributed by atoms with van der Waals surface area (Å²) in [5.41, 5.74) is 2.89. The van der Waals surface area contributed by atoms with E-state index < -0.39 is 23.1 Å². The van der Waals surface area contributed by atoms with Gasteiger partial charge in [-0.05, 0) is 73.5 Å². The quantitative estimate of drug-likeness (QED) is 0.158. The number of carbonyl (C=O) groups is 2. The highest BCUT2D eigenvalue weighted by molar-refractivity contribution is 5.95. The Morgan fingerprint density at radius 3 is 2.55 bits per heavy atom. The van der Waals surface area contributed by atoms with Crippen LogP contribution < -0.4 is 16.2 Å². The van der Waals surface area contributed by atoms with Crippen molar-refractivity contribution in [3.63, 3.8) is 0 Å². The molecule has 252 valence electrons. The van der Waals surface area contributed by atoms with Gasteiger partial charge < -0.3 is 20.3 Å². The summed E-state index contributed by atoms with van der Waals surface area (Å²) >= 11 is 0. The van der Waals surface area contributed by atoms with Crippen molar-refractivity contribution in [3.05, 3.63) is 117 Å². The molecule has 0 unspecified atom stereocenters. The Hall–Kier alpha value is -5.87. The van der Waals surface area contributed by atoms with Gasteiger partial charge in [0.05, 0.1) is 18.6 Å². The molecule has 5 aromatic rings. The van der Waals surface area contributed by atoms with Crippen LogP contribution in [0.5, 0.6) is 0 Å². The van der Waals surface area contributed by atoms with Gasteiger partial charge in [-0.2, -0.15) is 0 Å². The van der Waals surface area contributed by atoms with Gasteiger partial charge in [0.1, 0.15) is 5.56 Å². The number of methoxy groups -OCH3 is 1. The predicted octanol–water partition coefficient (Wildman–Crippen LogP) is 4.40. The minimum Gasteiger partial charge on any atom is -0.385 e. The molecule has 0 aliphatic rings. The second-order valence-electron chi connectivity index (χ2n) is 11.3.